The SMILES string of the molecule is COCCOC1CCN(C(=O)c2cc3c(F)c(F)ccc3[nH]2)CC1. The minimum absolute atomic E-state index is 0.0936. The van der Waals surface area contributed by atoms with Gasteiger partial charge in [0.05, 0.1) is 19.3 Å². The van der Waals surface area contributed by atoms with E-state index >= 15 is 0 Å². The maximum Gasteiger partial charge on any atom is 0.270 e. The van der Waals surface area contributed by atoms with Crippen LogP contribution < -0.4 is 0 Å². The van der Waals surface area contributed by atoms with Gasteiger partial charge in [-0.3, -0.25) is 4.79 Å². The van der Waals surface area contributed by atoms with E-state index in [-0.39, 0.29) is 23.1 Å². The number of hydrogen-bond donors (Lipinski definition) is 1. The number of fused-ring (bicyclic) bond motifs is 1. The number of likely N-dealkylation sites (tertiary alicyclic amines) is 1. The number of hydrogen-bond acceptors (Lipinski definition) is 3. The molecule has 0 atom stereocenters. The second kappa shape index (κ2) is 7.27. The van der Waals surface area contributed by atoms with Crippen molar-refractivity contribution in [2.75, 3.05) is 33.4 Å². The number of aromatic nitrogens is 1. The van der Waals surface area contributed by atoms with Crippen LogP contribution in [0.3, 0.4) is 0 Å². The molecule has 0 aliphatic carbocycles. The van der Waals surface area contributed by atoms with Gasteiger partial charge in [-0.1, -0.05) is 0 Å². The first kappa shape index (κ1) is 16.9. The maximum atomic E-state index is 13.8. The van der Waals surface area contributed by atoms with Gasteiger partial charge >= 0.3 is 0 Å². The molecule has 5 nitrogen and oxygen atoms in total. The first-order chi connectivity index (χ1) is 11.6. The van der Waals surface area contributed by atoms with Crippen molar-refractivity contribution in [2.24, 2.45) is 0 Å². The molecule has 130 valence electrons. The quantitative estimate of drug-likeness (QED) is 0.853. The molecule has 1 fully saturated rings. The fourth-order valence-electron chi connectivity index (χ4n) is 2.95. The van der Waals surface area contributed by atoms with E-state index in [0.29, 0.717) is 31.8 Å². The predicted molar refractivity (Wildman–Crippen MR) is 85.0 cm³/mol. The van der Waals surface area contributed by atoms with Crippen molar-refractivity contribution < 1.29 is 23.0 Å². The standard InChI is InChI=1S/C17H20F2N2O3/c1-23-8-9-24-11-4-6-21(7-5-11)17(22)15-10-12-14(20-15)3-2-13(18)16(12)19/h2-3,10-11,20H,4-9H2,1H3. The summed E-state index contributed by atoms with van der Waals surface area (Å²) >= 11 is 0. The van der Waals surface area contributed by atoms with Gasteiger partial charge in [0.25, 0.3) is 5.91 Å². The fourth-order valence-corrected chi connectivity index (χ4v) is 2.95. The van der Waals surface area contributed by atoms with Gasteiger partial charge in [-0.05, 0) is 31.0 Å². The molecule has 1 amide bonds. The number of methoxy groups -OCH3 is 1. The number of ether oxygens (including phenoxy) is 2. The molecule has 7 heteroatoms. The molecule has 1 aliphatic heterocycles. The van der Waals surface area contributed by atoms with Crippen LogP contribution >= 0.6 is 0 Å². The second-order valence-electron chi connectivity index (χ2n) is 5.86. The Morgan fingerprint density at radius 3 is 2.75 bits per heavy atom. The monoisotopic (exact) mass is 338 g/mol. The van der Waals surface area contributed by atoms with Crippen LogP contribution in [0.1, 0.15) is 23.3 Å². The third-order valence-corrected chi connectivity index (χ3v) is 4.29. The summed E-state index contributed by atoms with van der Waals surface area (Å²) in [4.78, 5) is 17.1. The molecule has 1 aliphatic rings. The molecule has 0 radical (unpaired) electrons. The van der Waals surface area contributed by atoms with Gasteiger partial charge in [-0.2, -0.15) is 0 Å². The van der Waals surface area contributed by atoms with Gasteiger partial charge in [0, 0.05) is 31.1 Å². The lowest BCUT2D eigenvalue weighted by Gasteiger charge is -2.31. The van der Waals surface area contributed by atoms with E-state index in [1.165, 1.54) is 12.1 Å². The highest BCUT2D eigenvalue weighted by molar-refractivity contribution is 5.98. The Hall–Kier alpha value is -1.99. The topological polar surface area (TPSA) is 54.6 Å². The third kappa shape index (κ3) is 3.42. The Kier molecular flexibility index (Phi) is 5.11. The highest BCUT2D eigenvalue weighted by atomic mass is 19.2. The molecule has 0 spiro atoms. The third-order valence-electron chi connectivity index (χ3n) is 4.29. The predicted octanol–water partition coefficient (Wildman–Crippen LogP) is 2.71. The summed E-state index contributed by atoms with van der Waals surface area (Å²) in [6, 6.07) is 3.85. The van der Waals surface area contributed by atoms with Gasteiger partial charge in [0.15, 0.2) is 11.6 Å². The lowest BCUT2D eigenvalue weighted by Crippen LogP contribution is -2.41. The zero-order chi connectivity index (χ0) is 17.1. The highest BCUT2D eigenvalue weighted by Crippen LogP contribution is 2.23. The van der Waals surface area contributed by atoms with Crippen molar-refractivity contribution in [3.63, 3.8) is 0 Å². The molecule has 0 saturated carbocycles. The molecule has 1 aromatic heterocycles. The molecule has 2 heterocycles. The average Bonchev–Trinajstić information content (AvgIpc) is 3.03. The largest absolute Gasteiger partial charge is 0.382 e. The summed E-state index contributed by atoms with van der Waals surface area (Å²) in [6.07, 6.45) is 1.62. The lowest BCUT2D eigenvalue weighted by atomic mass is 10.1. The Bertz CT molecular complexity index is 724. The van der Waals surface area contributed by atoms with E-state index in [9.17, 15) is 13.6 Å². The van der Waals surface area contributed by atoms with E-state index in [4.69, 9.17) is 9.47 Å². The Morgan fingerprint density at radius 2 is 2.04 bits per heavy atom. The molecule has 1 N–H and O–H groups in total. The van der Waals surface area contributed by atoms with Crippen LogP contribution in [0.4, 0.5) is 8.78 Å². The number of piperidine rings is 1. The molecule has 1 aromatic carbocycles. The van der Waals surface area contributed by atoms with Crippen LogP contribution in [0.5, 0.6) is 0 Å². The smallest absolute Gasteiger partial charge is 0.270 e. The molecule has 1 saturated heterocycles. The average molecular weight is 338 g/mol. The summed E-state index contributed by atoms with van der Waals surface area (Å²) in [5.41, 5.74) is 0.684. The summed E-state index contributed by atoms with van der Waals surface area (Å²) in [5.74, 6) is -2.07. The minimum atomic E-state index is -0.937. The first-order valence-corrected chi connectivity index (χ1v) is 7.96. The summed E-state index contributed by atoms with van der Waals surface area (Å²) in [7, 11) is 1.62. The number of carbonyl (C=O) groups excluding carboxylic acids is 1. The van der Waals surface area contributed by atoms with Gasteiger partial charge in [0.2, 0.25) is 0 Å². The summed E-state index contributed by atoms with van der Waals surface area (Å²) < 4.78 is 37.7. The van der Waals surface area contributed by atoms with E-state index in [1.807, 2.05) is 0 Å². The molecular weight excluding hydrogens is 318 g/mol. The Balaban J connectivity index is 1.64. The number of benzene rings is 1. The normalized spacial score (nSPS) is 16.0. The Labute approximate surface area is 138 Å². The van der Waals surface area contributed by atoms with E-state index in [0.717, 1.165) is 18.9 Å². The maximum absolute atomic E-state index is 13.8. The van der Waals surface area contributed by atoms with E-state index < -0.39 is 11.6 Å². The van der Waals surface area contributed by atoms with Gasteiger partial charge < -0.3 is 19.4 Å². The first-order valence-electron chi connectivity index (χ1n) is 7.96. The van der Waals surface area contributed by atoms with Crippen LogP contribution in [0.25, 0.3) is 10.9 Å². The van der Waals surface area contributed by atoms with E-state index in [1.54, 1.807) is 12.0 Å². The number of nitrogens with zero attached hydrogens (tertiary/aromatic N) is 1. The van der Waals surface area contributed by atoms with Gasteiger partial charge in [0.1, 0.15) is 5.69 Å². The van der Waals surface area contributed by atoms with Gasteiger partial charge in [-0.25, -0.2) is 8.78 Å². The fraction of sp³-hybridized carbons (Fsp3) is 0.471. The van der Waals surface area contributed by atoms with E-state index in [2.05, 4.69) is 4.98 Å². The number of nitrogens with one attached hydrogen (secondary N) is 1. The van der Waals surface area contributed by atoms with Gasteiger partial charge in [-0.15, -0.1) is 0 Å². The Morgan fingerprint density at radius 1 is 1.29 bits per heavy atom. The molecule has 3 rings (SSSR count). The van der Waals surface area contributed by atoms with Crippen molar-refractivity contribution in [1.82, 2.24) is 9.88 Å². The number of H-pyrrole nitrogens is 1. The zero-order valence-electron chi connectivity index (χ0n) is 13.5. The summed E-state index contributed by atoms with van der Waals surface area (Å²) in [6.45, 7) is 2.24. The zero-order valence-corrected chi connectivity index (χ0v) is 13.5. The number of halogens is 2. The van der Waals surface area contributed by atoms with Crippen LogP contribution in [-0.4, -0.2) is 55.3 Å². The number of carbonyl (C=O) groups is 1. The van der Waals surface area contributed by atoms with Crippen LogP contribution in [0.15, 0.2) is 18.2 Å². The second-order valence-corrected chi connectivity index (χ2v) is 5.86. The lowest BCUT2D eigenvalue weighted by molar-refractivity contribution is -0.0123. The van der Waals surface area contributed by atoms with Crippen LogP contribution in [-0.2, 0) is 9.47 Å². The van der Waals surface area contributed by atoms with Crippen LogP contribution in [0.2, 0.25) is 0 Å². The molecule has 2 aromatic rings. The number of aromatic amines is 1. The molecule has 24 heavy (non-hydrogen) atoms. The van der Waals surface area contributed by atoms with Crippen LogP contribution in [0, 0.1) is 11.6 Å². The molecule has 0 bridgehead atoms. The highest BCUT2D eigenvalue weighted by Gasteiger charge is 2.25. The molecule has 0 unspecified atom stereocenters. The molecular formula is C17H20F2N2O3. The van der Waals surface area contributed by atoms with Crippen molar-refractivity contribution in [1.29, 1.82) is 0 Å². The summed E-state index contributed by atoms with van der Waals surface area (Å²) in [5, 5.41) is 0.0936. The van der Waals surface area contributed by atoms with Crippen molar-refractivity contribution in [3.8, 4) is 0 Å². The van der Waals surface area contributed by atoms with Crippen molar-refractivity contribution >= 4 is 16.8 Å². The number of amides is 1. The van der Waals surface area contributed by atoms with Crippen molar-refractivity contribution in [3.05, 3.63) is 35.5 Å². The van der Waals surface area contributed by atoms with Crippen molar-refractivity contribution in [2.45, 2.75) is 18.9 Å². The minimum Gasteiger partial charge on any atom is -0.382 e. The number of rotatable bonds is 5.